The maximum atomic E-state index is 5.54. The minimum atomic E-state index is 0.392. The molecule has 1 aliphatic rings. The van der Waals surface area contributed by atoms with Crippen LogP contribution < -0.4 is 10.1 Å². The number of aromatic nitrogens is 1. The maximum Gasteiger partial charge on any atom is 0.393 e. The highest BCUT2D eigenvalue weighted by atomic mass is 16.6. The lowest BCUT2D eigenvalue weighted by Crippen LogP contribution is -2.26. The Balaban J connectivity index is 1.68. The Labute approximate surface area is 109 Å². The highest BCUT2D eigenvalue weighted by Crippen LogP contribution is 2.18. The minimum absolute atomic E-state index is 0.392. The highest BCUT2D eigenvalue weighted by Gasteiger charge is 2.20. The number of nitrogens with one attached hydrogen (secondary N) is 1. The van der Waals surface area contributed by atoms with Crippen LogP contribution in [0.4, 0.5) is 0 Å². The molecule has 0 bridgehead atoms. The number of oxazole rings is 1. The summed E-state index contributed by atoms with van der Waals surface area (Å²) in [6.45, 7) is 5.61. The molecule has 0 saturated carbocycles. The molecule has 0 amide bonds. The minimum Gasteiger partial charge on any atom is -0.450 e. The number of likely N-dealkylation sites (tertiary alicyclic amines) is 1. The molecular weight excluding hydrogens is 230 g/mol. The summed E-state index contributed by atoms with van der Waals surface area (Å²) >= 11 is 0. The maximum absolute atomic E-state index is 5.54. The van der Waals surface area contributed by atoms with E-state index in [-0.39, 0.29) is 0 Å². The lowest BCUT2D eigenvalue weighted by molar-refractivity contribution is 0.192. The molecular formula is C13H23N3O2. The topological polar surface area (TPSA) is 50.5 Å². The molecule has 5 nitrogen and oxygen atoms in total. The number of nitrogens with zero attached hydrogens (tertiary/aromatic N) is 2. The monoisotopic (exact) mass is 253 g/mol. The lowest BCUT2D eigenvalue weighted by Gasteiger charge is -2.18. The van der Waals surface area contributed by atoms with E-state index in [9.17, 15) is 0 Å². The van der Waals surface area contributed by atoms with Gasteiger partial charge in [-0.25, -0.2) is 0 Å². The van der Waals surface area contributed by atoms with Gasteiger partial charge in [0.1, 0.15) is 6.26 Å². The molecule has 0 aliphatic carbocycles. The van der Waals surface area contributed by atoms with Gasteiger partial charge in [0, 0.05) is 12.6 Å². The van der Waals surface area contributed by atoms with Crippen molar-refractivity contribution in [3.05, 3.63) is 12.0 Å². The van der Waals surface area contributed by atoms with Gasteiger partial charge in [-0.1, -0.05) is 6.92 Å². The first kappa shape index (κ1) is 13.4. The third-order valence-corrected chi connectivity index (χ3v) is 3.43. The molecule has 2 heterocycles. The van der Waals surface area contributed by atoms with E-state index in [4.69, 9.17) is 9.15 Å². The molecule has 1 N–H and O–H groups in total. The molecule has 5 heteroatoms. The van der Waals surface area contributed by atoms with Gasteiger partial charge in [0.15, 0.2) is 0 Å². The Morgan fingerprint density at radius 1 is 1.61 bits per heavy atom. The summed E-state index contributed by atoms with van der Waals surface area (Å²) in [5, 5.41) is 3.20. The van der Waals surface area contributed by atoms with E-state index in [0.717, 1.165) is 25.2 Å². The zero-order valence-electron chi connectivity index (χ0n) is 11.3. The molecule has 1 aromatic heterocycles. The van der Waals surface area contributed by atoms with Crippen LogP contribution in [0.2, 0.25) is 0 Å². The van der Waals surface area contributed by atoms with Gasteiger partial charge in [-0.15, -0.1) is 0 Å². The number of hydrogen-bond donors (Lipinski definition) is 1. The molecule has 1 fully saturated rings. The van der Waals surface area contributed by atoms with E-state index in [1.165, 1.54) is 19.4 Å². The molecule has 0 spiro atoms. The lowest BCUT2D eigenvalue weighted by atomic mass is 10.2. The first-order valence-electron chi connectivity index (χ1n) is 6.77. The van der Waals surface area contributed by atoms with Crippen molar-refractivity contribution in [3.8, 4) is 6.08 Å². The Kier molecular flexibility index (Phi) is 5.01. The molecule has 2 rings (SSSR count). The van der Waals surface area contributed by atoms with Crippen molar-refractivity contribution in [3.63, 3.8) is 0 Å². The van der Waals surface area contributed by atoms with Crippen LogP contribution in [-0.2, 0) is 6.54 Å². The van der Waals surface area contributed by atoms with Crippen LogP contribution >= 0.6 is 0 Å². The second-order valence-electron chi connectivity index (χ2n) is 4.80. The van der Waals surface area contributed by atoms with Crippen molar-refractivity contribution < 1.29 is 9.15 Å². The van der Waals surface area contributed by atoms with Gasteiger partial charge < -0.3 is 19.4 Å². The summed E-state index contributed by atoms with van der Waals surface area (Å²) in [5.74, 6) is 0. The SMILES string of the molecule is CCNCc1coc(OCCC2CCCN2C)n1. The van der Waals surface area contributed by atoms with E-state index < -0.39 is 0 Å². The average molecular weight is 253 g/mol. The van der Waals surface area contributed by atoms with Crippen molar-refractivity contribution in [2.75, 3.05) is 26.7 Å². The van der Waals surface area contributed by atoms with Crippen molar-refractivity contribution in [1.82, 2.24) is 15.2 Å². The molecule has 1 aliphatic heterocycles. The molecule has 18 heavy (non-hydrogen) atoms. The summed E-state index contributed by atoms with van der Waals surface area (Å²) in [6.07, 6.45) is 5.66. The van der Waals surface area contributed by atoms with Crippen LogP contribution in [-0.4, -0.2) is 42.7 Å². The van der Waals surface area contributed by atoms with E-state index in [1.54, 1.807) is 6.26 Å². The molecule has 1 saturated heterocycles. The normalized spacial score (nSPS) is 20.4. The van der Waals surface area contributed by atoms with Gasteiger partial charge in [-0.2, -0.15) is 4.98 Å². The van der Waals surface area contributed by atoms with Gasteiger partial charge >= 0.3 is 6.08 Å². The van der Waals surface area contributed by atoms with Gasteiger partial charge in [-0.3, -0.25) is 0 Å². The van der Waals surface area contributed by atoms with Crippen LogP contribution in [0, 0.1) is 0 Å². The Morgan fingerprint density at radius 2 is 2.50 bits per heavy atom. The number of hydrogen-bond acceptors (Lipinski definition) is 5. The predicted molar refractivity (Wildman–Crippen MR) is 69.6 cm³/mol. The van der Waals surface area contributed by atoms with Crippen LogP contribution in [0.5, 0.6) is 6.08 Å². The average Bonchev–Trinajstić information content (AvgIpc) is 2.97. The Hall–Kier alpha value is -1.07. The summed E-state index contributed by atoms with van der Waals surface area (Å²) < 4.78 is 10.8. The second-order valence-corrected chi connectivity index (χ2v) is 4.80. The third kappa shape index (κ3) is 3.71. The van der Waals surface area contributed by atoms with Gasteiger partial charge in [0.05, 0.1) is 12.3 Å². The van der Waals surface area contributed by atoms with Gasteiger partial charge in [0.2, 0.25) is 0 Å². The van der Waals surface area contributed by atoms with Gasteiger partial charge in [0.25, 0.3) is 0 Å². The number of ether oxygens (including phenoxy) is 1. The standard InChI is InChI=1S/C13H23N3O2/c1-3-14-9-11-10-18-13(15-11)17-8-6-12-5-4-7-16(12)2/h10,12,14H,3-9H2,1-2H3. The fourth-order valence-electron chi connectivity index (χ4n) is 2.32. The molecule has 102 valence electrons. The summed E-state index contributed by atoms with van der Waals surface area (Å²) in [6, 6.07) is 0.654. The molecule has 1 atom stereocenters. The van der Waals surface area contributed by atoms with Crippen molar-refractivity contribution in [1.29, 1.82) is 0 Å². The summed E-state index contributed by atoms with van der Waals surface area (Å²) in [4.78, 5) is 6.66. The Morgan fingerprint density at radius 3 is 3.22 bits per heavy atom. The second kappa shape index (κ2) is 6.75. The largest absolute Gasteiger partial charge is 0.450 e. The zero-order valence-corrected chi connectivity index (χ0v) is 11.3. The van der Waals surface area contributed by atoms with Crippen LogP contribution in [0.25, 0.3) is 0 Å². The van der Waals surface area contributed by atoms with E-state index in [2.05, 4.69) is 29.2 Å². The van der Waals surface area contributed by atoms with Crippen molar-refractivity contribution >= 4 is 0 Å². The fraction of sp³-hybridized carbons (Fsp3) is 0.769. The van der Waals surface area contributed by atoms with Crippen LogP contribution in [0.3, 0.4) is 0 Å². The van der Waals surface area contributed by atoms with E-state index in [0.29, 0.717) is 18.7 Å². The van der Waals surface area contributed by atoms with Crippen LogP contribution in [0.1, 0.15) is 31.9 Å². The molecule has 1 aromatic rings. The number of rotatable bonds is 7. The van der Waals surface area contributed by atoms with E-state index in [1.807, 2.05) is 0 Å². The Bertz CT molecular complexity index is 354. The molecule has 0 radical (unpaired) electrons. The predicted octanol–water partition coefficient (Wildman–Crippen LogP) is 1.65. The third-order valence-electron chi connectivity index (χ3n) is 3.43. The van der Waals surface area contributed by atoms with Crippen LogP contribution in [0.15, 0.2) is 10.7 Å². The smallest absolute Gasteiger partial charge is 0.393 e. The van der Waals surface area contributed by atoms with E-state index >= 15 is 0 Å². The zero-order chi connectivity index (χ0) is 12.8. The molecule has 0 aromatic carbocycles. The quantitative estimate of drug-likeness (QED) is 0.800. The first-order chi connectivity index (χ1) is 8.79. The van der Waals surface area contributed by atoms with Crippen molar-refractivity contribution in [2.45, 2.75) is 38.8 Å². The fourth-order valence-corrected chi connectivity index (χ4v) is 2.32. The van der Waals surface area contributed by atoms with Crippen molar-refractivity contribution in [2.24, 2.45) is 0 Å². The first-order valence-corrected chi connectivity index (χ1v) is 6.77. The summed E-state index contributed by atoms with van der Waals surface area (Å²) in [7, 11) is 2.18. The summed E-state index contributed by atoms with van der Waals surface area (Å²) in [5.41, 5.74) is 0.893. The molecule has 1 unspecified atom stereocenters. The van der Waals surface area contributed by atoms with Gasteiger partial charge in [-0.05, 0) is 39.4 Å². The highest BCUT2D eigenvalue weighted by molar-refractivity contribution is 4.99.